The van der Waals surface area contributed by atoms with E-state index in [-0.39, 0.29) is 24.0 Å². The summed E-state index contributed by atoms with van der Waals surface area (Å²) in [6.45, 7) is 10.6. The first-order valence-corrected chi connectivity index (χ1v) is 9.94. The minimum absolute atomic E-state index is 0. The van der Waals surface area contributed by atoms with Crippen LogP contribution < -0.4 is 16.0 Å². The zero-order valence-electron chi connectivity index (χ0n) is 16.6. The number of guanidine groups is 1. The van der Waals surface area contributed by atoms with Crippen molar-refractivity contribution in [2.24, 2.45) is 4.99 Å². The van der Waals surface area contributed by atoms with Crippen molar-refractivity contribution in [2.45, 2.75) is 39.3 Å². The molecule has 0 bridgehead atoms. The Kier molecular flexibility index (Phi) is 10.4. The number of fused-ring (bicyclic) bond motifs is 1. The minimum atomic E-state index is -0.479. The monoisotopic (exact) mass is 509 g/mol. The Morgan fingerprint density at radius 3 is 2.67 bits per heavy atom. The molecule has 154 valence electrons. The summed E-state index contributed by atoms with van der Waals surface area (Å²) in [6, 6.07) is 2.23. The molecule has 2 rings (SSSR count). The molecule has 1 aliphatic rings. The Balaban J connectivity index is 0.00000364. The Labute approximate surface area is 183 Å². The lowest BCUT2D eigenvalue weighted by atomic mass is 10.1. The maximum absolute atomic E-state index is 11.6. The Bertz CT molecular complexity index is 615. The third-order valence-corrected chi connectivity index (χ3v) is 4.94. The van der Waals surface area contributed by atoms with Crippen LogP contribution in [0.2, 0.25) is 0 Å². The van der Waals surface area contributed by atoms with Crippen LogP contribution in [0.25, 0.3) is 0 Å². The fraction of sp³-hybridized carbons (Fsp3) is 0.667. The summed E-state index contributed by atoms with van der Waals surface area (Å²) in [5.74, 6) is 0.740. The molecular weight excluding hydrogens is 477 g/mol. The number of rotatable bonds is 6. The molecule has 9 heteroatoms. The van der Waals surface area contributed by atoms with Gasteiger partial charge in [-0.15, -0.1) is 35.3 Å². The highest BCUT2D eigenvalue weighted by atomic mass is 127. The molecule has 27 heavy (non-hydrogen) atoms. The first-order valence-electron chi connectivity index (χ1n) is 9.06. The zero-order chi connectivity index (χ0) is 19.0. The van der Waals surface area contributed by atoms with Gasteiger partial charge in [0.2, 0.25) is 0 Å². The molecule has 0 atom stereocenters. The average molecular weight is 509 g/mol. The lowest BCUT2D eigenvalue weighted by Gasteiger charge is -2.27. The fourth-order valence-electron chi connectivity index (χ4n) is 2.71. The number of carbonyl (C=O) groups is 1. The van der Waals surface area contributed by atoms with Gasteiger partial charge < -0.3 is 20.7 Å². The maximum Gasteiger partial charge on any atom is 0.407 e. The quantitative estimate of drug-likeness (QED) is 0.238. The van der Waals surface area contributed by atoms with Crippen molar-refractivity contribution < 1.29 is 9.53 Å². The topological polar surface area (TPSA) is 78.0 Å². The molecule has 0 unspecified atom stereocenters. The van der Waals surface area contributed by atoms with Gasteiger partial charge in [-0.25, -0.2) is 4.79 Å². The number of nitrogens with zero attached hydrogens (tertiary/aromatic N) is 2. The Hall–Kier alpha value is -1.07. The predicted octanol–water partition coefficient (Wildman–Crippen LogP) is 2.41. The number of thiophene rings is 1. The number of amides is 1. The Morgan fingerprint density at radius 1 is 1.26 bits per heavy atom. The molecule has 0 aliphatic carbocycles. The van der Waals surface area contributed by atoms with Crippen LogP contribution in [0.1, 0.15) is 31.2 Å². The molecule has 1 amide bonds. The van der Waals surface area contributed by atoms with Gasteiger partial charge in [0.25, 0.3) is 0 Å². The van der Waals surface area contributed by atoms with Crippen LogP contribution in [0.4, 0.5) is 4.79 Å². The Morgan fingerprint density at radius 2 is 1.96 bits per heavy atom. The van der Waals surface area contributed by atoms with E-state index in [9.17, 15) is 4.79 Å². The number of alkyl carbamates (subject to hydrolysis) is 1. The molecule has 0 radical (unpaired) electrons. The number of carbonyl (C=O) groups excluding carboxylic acids is 1. The zero-order valence-corrected chi connectivity index (χ0v) is 19.8. The molecule has 1 aromatic heterocycles. The van der Waals surface area contributed by atoms with Crippen molar-refractivity contribution in [1.29, 1.82) is 0 Å². The summed E-state index contributed by atoms with van der Waals surface area (Å²) in [6.07, 6.45) is 0.746. The normalized spacial score (nSPS) is 14.7. The molecule has 7 nitrogen and oxygen atoms in total. The molecule has 2 heterocycles. The van der Waals surface area contributed by atoms with E-state index in [2.05, 4.69) is 37.3 Å². The van der Waals surface area contributed by atoms with Gasteiger partial charge in [0.05, 0.1) is 0 Å². The van der Waals surface area contributed by atoms with Crippen molar-refractivity contribution in [1.82, 2.24) is 20.9 Å². The van der Waals surface area contributed by atoms with Crippen LogP contribution in [0.3, 0.4) is 0 Å². The van der Waals surface area contributed by atoms with Crippen LogP contribution in [-0.2, 0) is 17.7 Å². The third-order valence-electron chi connectivity index (χ3n) is 3.92. The molecule has 1 aliphatic heterocycles. The standard InChI is InChI=1S/C18H31N5O2S.HI/c1-18(2,3)25-17(24)22-8-7-20-16(19-4)21-9-11-23-10-5-15-14(13-23)6-12-26-15;/h6,12H,5,7-11,13H2,1-4H3,(H,22,24)(H2,19,20,21);1H. The van der Waals surface area contributed by atoms with Crippen LogP contribution >= 0.6 is 35.3 Å². The summed E-state index contributed by atoms with van der Waals surface area (Å²) in [4.78, 5) is 19.8. The van der Waals surface area contributed by atoms with E-state index in [0.29, 0.717) is 13.1 Å². The van der Waals surface area contributed by atoms with Crippen molar-refractivity contribution in [3.05, 3.63) is 21.9 Å². The lowest BCUT2D eigenvalue weighted by molar-refractivity contribution is 0.0529. The van der Waals surface area contributed by atoms with Crippen LogP contribution in [0, 0.1) is 0 Å². The van der Waals surface area contributed by atoms with Gasteiger partial charge in [0.15, 0.2) is 5.96 Å². The third kappa shape index (κ3) is 9.11. The average Bonchev–Trinajstić information content (AvgIpc) is 3.03. The summed E-state index contributed by atoms with van der Waals surface area (Å²) in [7, 11) is 1.75. The van der Waals surface area contributed by atoms with Gasteiger partial charge in [-0.1, -0.05) is 0 Å². The largest absolute Gasteiger partial charge is 0.444 e. The minimum Gasteiger partial charge on any atom is -0.444 e. The smallest absolute Gasteiger partial charge is 0.407 e. The number of hydrogen-bond acceptors (Lipinski definition) is 5. The molecule has 1 aromatic rings. The van der Waals surface area contributed by atoms with Gasteiger partial charge in [-0.3, -0.25) is 9.89 Å². The summed E-state index contributed by atoms with van der Waals surface area (Å²) < 4.78 is 5.19. The number of hydrogen-bond donors (Lipinski definition) is 3. The second-order valence-electron chi connectivity index (χ2n) is 7.25. The van der Waals surface area contributed by atoms with E-state index in [1.165, 1.54) is 10.4 Å². The summed E-state index contributed by atoms with van der Waals surface area (Å²) in [5.41, 5.74) is 0.991. The van der Waals surface area contributed by atoms with E-state index >= 15 is 0 Å². The fourth-order valence-corrected chi connectivity index (χ4v) is 3.60. The summed E-state index contributed by atoms with van der Waals surface area (Å²) >= 11 is 1.87. The van der Waals surface area contributed by atoms with Crippen molar-refractivity contribution in [2.75, 3.05) is 39.8 Å². The molecule has 0 saturated carbocycles. The van der Waals surface area contributed by atoms with E-state index < -0.39 is 11.7 Å². The summed E-state index contributed by atoms with van der Waals surface area (Å²) in [5, 5.41) is 11.4. The lowest BCUT2D eigenvalue weighted by Crippen LogP contribution is -2.45. The SMILES string of the molecule is CN=C(NCCNC(=O)OC(C)(C)C)NCCN1CCc2sccc2C1.I. The second kappa shape index (κ2) is 11.7. The predicted molar refractivity (Wildman–Crippen MR) is 122 cm³/mol. The maximum atomic E-state index is 11.6. The van der Waals surface area contributed by atoms with Gasteiger partial charge >= 0.3 is 6.09 Å². The van der Waals surface area contributed by atoms with E-state index in [0.717, 1.165) is 38.6 Å². The molecule has 0 spiro atoms. The highest BCUT2D eigenvalue weighted by Gasteiger charge is 2.17. The van der Waals surface area contributed by atoms with Crippen LogP contribution in [0.5, 0.6) is 0 Å². The van der Waals surface area contributed by atoms with E-state index in [1.54, 1.807) is 7.05 Å². The number of ether oxygens (including phenoxy) is 1. The second-order valence-corrected chi connectivity index (χ2v) is 8.25. The molecule has 0 saturated heterocycles. The van der Waals surface area contributed by atoms with Crippen LogP contribution in [0.15, 0.2) is 16.4 Å². The van der Waals surface area contributed by atoms with Gasteiger partial charge in [0, 0.05) is 51.2 Å². The molecule has 0 aromatic carbocycles. The molecule has 3 N–H and O–H groups in total. The van der Waals surface area contributed by atoms with E-state index in [4.69, 9.17) is 4.74 Å². The number of aliphatic imine (C=N–C) groups is 1. The first-order chi connectivity index (χ1) is 12.4. The highest BCUT2D eigenvalue weighted by Crippen LogP contribution is 2.23. The number of halogens is 1. The highest BCUT2D eigenvalue weighted by molar-refractivity contribution is 14.0. The van der Waals surface area contributed by atoms with Crippen molar-refractivity contribution in [3.63, 3.8) is 0 Å². The van der Waals surface area contributed by atoms with Crippen LogP contribution in [-0.4, -0.2) is 62.3 Å². The van der Waals surface area contributed by atoms with E-state index in [1.807, 2.05) is 32.1 Å². The van der Waals surface area contributed by atoms with Gasteiger partial charge in [0.1, 0.15) is 5.60 Å². The van der Waals surface area contributed by atoms with Crippen molar-refractivity contribution >= 4 is 47.4 Å². The van der Waals surface area contributed by atoms with Gasteiger partial charge in [-0.05, 0) is 44.2 Å². The first kappa shape index (κ1) is 24.0. The van der Waals surface area contributed by atoms with Gasteiger partial charge in [-0.2, -0.15) is 0 Å². The van der Waals surface area contributed by atoms with Crippen molar-refractivity contribution in [3.8, 4) is 0 Å². The molecular formula is C18H32IN5O2S. The molecule has 0 fully saturated rings. The number of nitrogens with one attached hydrogen (secondary N) is 3.